The van der Waals surface area contributed by atoms with Gasteiger partial charge in [-0.1, -0.05) is 0 Å². The zero-order chi connectivity index (χ0) is 27.1. The van der Waals surface area contributed by atoms with E-state index in [-0.39, 0.29) is 17.8 Å². The molecule has 0 radical (unpaired) electrons. The van der Waals surface area contributed by atoms with Gasteiger partial charge in [-0.05, 0) is 74.5 Å². The highest BCUT2D eigenvalue weighted by atomic mass is 19.4. The number of nitrogens with zero attached hydrogens (tertiary/aromatic N) is 4. The molecular formula is C23H26F6N8. The lowest BCUT2D eigenvalue weighted by molar-refractivity contribution is -0.138. The molecule has 1 heterocycles. The normalized spacial score (nSPS) is 11.9. The van der Waals surface area contributed by atoms with Crippen LogP contribution in [-0.4, -0.2) is 41.1 Å². The van der Waals surface area contributed by atoms with Gasteiger partial charge in [0.25, 0.3) is 0 Å². The Kier molecular flexibility index (Phi) is 9.10. The van der Waals surface area contributed by atoms with Gasteiger partial charge in [0.1, 0.15) is 0 Å². The quantitative estimate of drug-likeness (QED) is 0.260. The first-order valence-electron chi connectivity index (χ1n) is 11.3. The minimum Gasteiger partial charge on any atom is -0.341 e. The first-order valence-corrected chi connectivity index (χ1v) is 11.3. The van der Waals surface area contributed by atoms with Gasteiger partial charge in [0, 0.05) is 24.5 Å². The lowest BCUT2D eigenvalue weighted by Crippen LogP contribution is -2.30. The van der Waals surface area contributed by atoms with E-state index in [4.69, 9.17) is 11.5 Å². The third-order valence-electron chi connectivity index (χ3n) is 5.11. The fraction of sp³-hybridized carbons (Fsp3) is 0.348. The molecule has 3 rings (SSSR count). The topological polar surface area (TPSA) is 118 Å². The van der Waals surface area contributed by atoms with Crippen LogP contribution in [0, 0.1) is 0 Å². The van der Waals surface area contributed by atoms with Crippen LogP contribution in [0.25, 0.3) is 0 Å². The maximum absolute atomic E-state index is 12.9. The predicted molar refractivity (Wildman–Crippen MR) is 129 cm³/mol. The zero-order valence-electron chi connectivity index (χ0n) is 19.6. The molecule has 0 saturated carbocycles. The van der Waals surface area contributed by atoms with Gasteiger partial charge in [-0.25, -0.2) is 0 Å². The summed E-state index contributed by atoms with van der Waals surface area (Å²) < 4.78 is 77.4. The minimum absolute atomic E-state index is 0.0182. The highest BCUT2D eigenvalue weighted by Gasteiger charge is 2.30. The first-order chi connectivity index (χ1) is 17.5. The van der Waals surface area contributed by atoms with E-state index in [1.165, 1.54) is 24.3 Å². The van der Waals surface area contributed by atoms with Crippen molar-refractivity contribution in [3.05, 3.63) is 59.7 Å². The molecule has 0 saturated heterocycles. The summed E-state index contributed by atoms with van der Waals surface area (Å²) in [6, 6.07) is 8.60. The zero-order valence-corrected chi connectivity index (χ0v) is 19.6. The molecule has 0 fully saturated rings. The average molecular weight is 529 g/mol. The van der Waals surface area contributed by atoms with Crippen molar-refractivity contribution in [1.29, 1.82) is 0 Å². The van der Waals surface area contributed by atoms with Crippen molar-refractivity contribution < 1.29 is 26.3 Å². The lowest BCUT2D eigenvalue weighted by Gasteiger charge is -2.23. The molecule has 8 nitrogen and oxygen atoms in total. The Hall–Kier alpha value is -3.65. The number of anilines is 5. The molecule has 6 N–H and O–H groups in total. The highest BCUT2D eigenvalue weighted by molar-refractivity contribution is 5.60. The van der Waals surface area contributed by atoms with Crippen LogP contribution in [-0.2, 0) is 12.4 Å². The van der Waals surface area contributed by atoms with Crippen molar-refractivity contribution in [1.82, 2.24) is 15.0 Å². The Balaban J connectivity index is 1.93. The van der Waals surface area contributed by atoms with Crippen molar-refractivity contribution in [3.63, 3.8) is 0 Å². The Morgan fingerprint density at radius 2 is 1.00 bits per heavy atom. The monoisotopic (exact) mass is 528 g/mol. The molecule has 1 aromatic heterocycles. The van der Waals surface area contributed by atoms with Gasteiger partial charge in [0.15, 0.2) is 0 Å². The summed E-state index contributed by atoms with van der Waals surface area (Å²) in [4.78, 5) is 14.9. The molecule has 0 amide bonds. The molecule has 0 aliphatic carbocycles. The molecule has 0 aliphatic rings. The van der Waals surface area contributed by atoms with E-state index < -0.39 is 23.5 Å². The fourth-order valence-electron chi connectivity index (χ4n) is 3.24. The third-order valence-corrected chi connectivity index (χ3v) is 5.11. The van der Waals surface area contributed by atoms with Gasteiger partial charge in [-0.3, -0.25) is 0 Å². The van der Waals surface area contributed by atoms with Crippen LogP contribution in [0.3, 0.4) is 0 Å². The molecule has 0 atom stereocenters. The minimum atomic E-state index is -4.48. The van der Waals surface area contributed by atoms with Crippen molar-refractivity contribution in [2.45, 2.75) is 25.2 Å². The second-order valence-corrected chi connectivity index (χ2v) is 7.95. The number of benzene rings is 2. The summed E-state index contributed by atoms with van der Waals surface area (Å²) in [5.74, 6) is 0.273. The van der Waals surface area contributed by atoms with Crippen LogP contribution < -0.4 is 27.0 Å². The largest absolute Gasteiger partial charge is 0.416 e. The van der Waals surface area contributed by atoms with Crippen LogP contribution in [0.4, 0.5) is 55.6 Å². The summed E-state index contributed by atoms with van der Waals surface area (Å²) in [6.45, 7) is 1.83. The number of alkyl halides is 6. The molecule has 0 spiro atoms. The van der Waals surface area contributed by atoms with Crippen LogP contribution in [0.2, 0.25) is 0 Å². The smallest absolute Gasteiger partial charge is 0.341 e. The lowest BCUT2D eigenvalue weighted by atomic mass is 10.2. The van der Waals surface area contributed by atoms with E-state index in [9.17, 15) is 26.3 Å². The van der Waals surface area contributed by atoms with Gasteiger partial charge in [-0.2, -0.15) is 41.3 Å². The number of nitrogens with two attached hydrogens (primary N) is 2. The molecule has 0 unspecified atom stereocenters. The molecular weight excluding hydrogens is 502 g/mol. The van der Waals surface area contributed by atoms with Gasteiger partial charge < -0.3 is 27.0 Å². The number of hydrogen-bond acceptors (Lipinski definition) is 8. The van der Waals surface area contributed by atoms with Crippen molar-refractivity contribution in [3.8, 4) is 0 Å². The fourth-order valence-corrected chi connectivity index (χ4v) is 3.24. The maximum atomic E-state index is 12.9. The first kappa shape index (κ1) is 27.9. The van der Waals surface area contributed by atoms with Crippen molar-refractivity contribution in [2.24, 2.45) is 11.5 Å². The van der Waals surface area contributed by atoms with E-state index in [1.54, 1.807) is 0 Å². The van der Waals surface area contributed by atoms with Crippen LogP contribution in [0.1, 0.15) is 24.0 Å². The third kappa shape index (κ3) is 8.18. The second kappa shape index (κ2) is 12.1. The Bertz CT molecular complexity index is 1050. The van der Waals surface area contributed by atoms with E-state index in [0.29, 0.717) is 50.4 Å². The molecule has 2 aromatic carbocycles. The summed E-state index contributed by atoms with van der Waals surface area (Å²) in [5.41, 5.74) is 10.3. The van der Waals surface area contributed by atoms with E-state index in [2.05, 4.69) is 25.6 Å². The summed E-state index contributed by atoms with van der Waals surface area (Å²) >= 11 is 0. The second-order valence-electron chi connectivity index (χ2n) is 7.95. The summed E-state index contributed by atoms with van der Waals surface area (Å²) in [6.07, 6.45) is -7.71. The highest BCUT2D eigenvalue weighted by Crippen LogP contribution is 2.31. The Labute approximate surface area is 209 Å². The van der Waals surface area contributed by atoms with Crippen molar-refractivity contribution in [2.75, 3.05) is 41.7 Å². The van der Waals surface area contributed by atoms with Gasteiger partial charge in [0.2, 0.25) is 17.8 Å². The molecule has 0 bridgehead atoms. The van der Waals surface area contributed by atoms with E-state index in [1.807, 2.05) is 4.90 Å². The van der Waals surface area contributed by atoms with E-state index >= 15 is 0 Å². The van der Waals surface area contributed by atoms with Gasteiger partial charge >= 0.3 is 12.4 Å². The Morgan fingerprint density at radius 3 is 1.32 bits per heavy atom. The molecule has 200 valence electrons. The van der Waals surface area contributed by atoms with E-state index in [0.717, 1.165) is 24.3 Å². The summed E-state index contributed by atoms with van der Waals surface area (Å²) in [7, 11) is 0. The molecule has 37 heavy (non-hydrogen) atoms. The van der Waals surface area contributed by atoms with Crippen LogP contribution in [0.15, 0.2) is 48.5 Å². The van der Waals surface area contributed by atoms with Crippen LogP contribution in [0.5, 0.6) is 0 Å². The molecule has 14 heteroatoms. The predicted octanol–water partition coefficient (Wildman–Crippen LogP) is 4.90. The number of rotatable bonds is 11. The Morgan fingerprint density at radius 1 is 0.622 bits per heavy atom. The number of nitrogens with one attached hydrogen (secondary N) is 2. The van der Waals surface area contributed by atoms with Gasteiger partial charge in [-0.15, -0.1) is 0 Å². The maximum Gasteiger partial charge on any atom is 0.416 e. The molecule has 0 aliphatic heterocycles. The summed E-state index contributed by atoms with van der Waals surface area (Å²) in [5, 5.41) is 5.70. The number of aromatic nitrogens is 3. The van der Waals surface area contributed by atoms with Crippen molar-refractivity contribution >= 4 is 29.2 Å². The molecule has 3 aromatic rings. The SMILES string of the molecule is NCCCN(CCCN)c1nc(Nc2ccc(C(F)(F)F)cc2)nc(Nc2ccc(C(F)(F)F)cc2)n1. The van der Waals surface area contributed by atoms with Gasteiger partial charge in [0.05, 0.1) is 11.1 Å². The van der Waals surface area contributed by atoms with Crippen LogP contribution >= 0.6 is 0 Å². The average Bonchev–Trinajstić information content (AvgIpc) is 2.83. The number of hydrogen-bond donors (Lipinski definition) is 4. The number of halogens is 6. The standard InChI is InChI=1S/C23H26F6N8/c24-22(25,26)15-3-7-17(8-4-15)32-19-34-20(33-18-9-5-16(6-10-18)23(27,28)29)36-21(35-19)37(13-1-11-30)14-2-12-31/h3-10H,1-2,11-14,30-31H2,(H2,32,33,34,35,36).